The van der Waals surface area contributed by atoms with Gasteiger partial charge in [-0.25, -0.2) is 4.79 Å². The number of ketones is 1. The minimum Gasteiger partial charge on any atom is -0.464 e. The number of hydrogen-bond donors (Lipinski definition) is 1. The molecule has 5 heteroatoms. The van der Waals surface area contributed by atoms with E-state index in [9.17, 15) is 14.7 Å². The fraction of sp³-hybridized carbons (Fsp3) is 0.579. The zero-order chi connectivity index (χ0) is 18.3. The average molecular weight is 336 g/mol. The first-order valence-corrected chi connectivity index (χ1v) is 8.33. The summed E-state index contributed by atoms with van der Waals surface area (Å²) in [6.07, 6.45) is -0.736. The molecule has 0 aromatic heterocycles. The van der Waals surface area contributed by atoms with Crippen LogP contribution in [-0.4, -0.2) is 35.2 Å². The third kappa shape index (κ3) is 4.65. The van der Waals surface area contributed by atoms with E-state index in [-0.39, 0.29) is 12.4 Å². The van der Waals surface area contributed by atoms with E-state index in [0.29, 0.717) is 6.61 Å². The minimum atomic E-state index is -1.86. The van der Waals surface area contributed by atoms with Crippen molar-refractivity contribution in [3.8, 4) is 0 Å². The number of esters is 1. The van der Waals surface area contributed by atoms with E-state index in [1.807, 2.05) is 30.3 Å². The van der Waals surface area contributed by atoms with Gasteiger partial charge < -0.3 is 14.6 Å². The molecule has 24 heavy (non-hydrogen) atoms. The summed E-state index contributed by atoms with van der Waals surface area (Å²) in [6.45, 7) is 8.66. The molecule has 3 atom stereocenters. The molecule has 0 radical (unpaired) electrons. The van der Waals surface area contributed by atoms with Gasteiger partial charge in [0.05, 0.1) is 19.1 Å². The van der Waals surface area contributed by atoms with Gasteiger partial charge in [-0.05, 0) is 25.3 Å². The maximum atomic E-state index is 12.6. The average Bonchev–Trinajstić information content (AvgIpc) is 2.58. The zero-order valence-electron chi connectivity index (χ0n) is 15.1. The number of ether oxygens (including phenoxy) is 2. The molecular weight excluding hydrogens is 308 g/mol. The Morgan fingerprint density at radius 2 is 1.71 bits per heavy atom. The molecule has 0 heterocycles. The number of Topliss-reactive ketones (excluding diaryl/α,β-unsaturated/α-hetero) is 1. The van der Waals surface area contributed by atoms with Gasteiger partial charge >= 0.3 is 5.97 Å². The van der Waals surface area contributed by atoms with E-state index in [2.05, 4.69) is 0 Å². The molecule has 0 aliphatic rings. The normalized spacial score (nSPS) is 16.3. The molecule has 0 spiro atoms. The van der Waals surface area contributed by atoms with Crippen molar-refractivity contribution in [1.29, 1.82) is 0 Å². The molecule has 0 fully saturated rings. The van der Waals surface area contributed by atoms with Crippen molar-refractivity contribution in [2.24, 2.45) is 11.8 Å². The van der Waals surface area contributed by atoms with Gasteiger partial charge in [-0.2, -0.15) is 0 Å². The number of rotatable bonds is 9. The van der Waals surface area contributed by atoms with E-state index in [4.69, 9.17) is 9.47 Å². The van der Waals surface area contributed by atoms with Gasteiger partial charge in [0.2, 0.25) is 0 Å². The van der Waals surface area contributed by atoms with E-state index in [1.54, 1.807) is 34.6 Å². The van der Waals surface area contributed by atoms with Crippen LogP contribution in [0.25, 0.3) is 0 Å². The van der Waals surface area contributed by atoms with Gasteiger partial charge in [-0.3, -0.25) is 4.79 Å². The highest BCUT2D eigenvalue weighted by Gasteiger charge is 2.49. The van der Waals surface area contributed by atoms with Crippen LogP contribution in [0.3, 0.4) is 0 Å². The molecule has 0 bridgehead atoms. The van der Waals surface area contributed by atoms with Crippen LogP contribution in [0.1, 0.15) is 40.2 Å². The Labute approximate surface area is 144 Å². The van der Waals surface area contributed by atoms with E-state index in [0.717, 1.165) is 5.56 Å². The summed E-state index contributed by atoms with van der Waals surface area (Å²) < 4.78 is 10.6. The topological polar surface area (TPSA) is 72.8 Å². The third-order valence-corrected chi connectivity index (χ3v) is 4.31. The highest BCUT2D eigenvalue weighted by atomic mass is 16.5. The zero-order valence-corrected chi connectivity index (χ0v) is 15.1. The second-order valence-corrected chi connectivity index (χ2v) is 6.26. The van der Waals surface area contributed by atoms with Crippen LogP contribution in [-0.2, 0) is 25.7 Å². The van der Waals surface area contributed by atoms with Crippen molar-refractivity contribution < 1.29 is 24.2 Å². The molecule has 0 saturated heterocycles. The molecule has 134 valence electrons. The van der Waals surface area contributed by atoms with Crippen LogP contribution in [0.2, 0.25) is 0 Å². The smallest absolute Gasteiger partial charge is 0.339 e. The fourth-order valence-corrected chi connectivity index (χ4v) is 2.61. The van der Waals surface area contributed by atoms with Crippen LogP contribution in [0.4, 0.5) is 0 Å². The number of benzene rings is 1. The van der Waals surface area contributed by atoms with Crippen molar-refractivity contribution in [1.82, 2.24) is 0 Å². The van der Waals surface area contributed by atoms with Crippen molar-refractivity contribution >= 4 is 11.8 Å². The molecule has 1 N–H and O–H groups in total. The molecule has 0 unspecified atom stereocenters. The Bertz CT molecular complexity index is 540. The summed E-state index contributed by atoms with van der Waals surface area (Å²) in [4.78, 5) is 24.8. The molecule has 1 rings (SSSR count). The maximum Gasteiger partial charge on any atom is 0.339 e. The summed E-state index contributed by atoms with van der Waals surface area (Å²) in [7, 11) is 0. The predicted molar refractivity (Wildman–Crippen MR) is 91.3 cm³/mol. The number of carbonyl (C=O) groups is 2. The number of aliphatic hydroxyl groups is 1. The lowest BCUT2D eigenvalue weighted by Crippen LogP contribution is -2.54. The summed E-state index contributed by atoms with van der Waals surface area (Å²) in [6, 6.07) is 9.51. The summed E-state index contributed by atoms with van der Waals surface area (Å²) >= 11 is 0. The lowest BCUT2D eigenvalue weighted by molar-refractivity contribution is -0.181. The maximum absolute atomic E-state index is 12.6. The monoisotopic (exact) mass is 336 g/mol. The molecule has 1 aromatic carbocycles. The van der Waals surface area contributed by atoms with Crippen molar-refractivity contribution in [3.63, 3.8) is 0 Å². The standard InChI is InChI=1S/C19H28O5/c1-6-23-18(21)19(22,13(2)3)14(4)17(20)15(5)24-12-16-10-8-7-9-11-16/h7-11,13-15,22H,6,12H2,1-5H3/t14-,15+,19-/m1/s1. The molecule has 1 aromatic rings. The van der Waals surface area contributed by atoms with E-state index >= 15 is 0 Å². The molecule has 5 nitrogen and oxygen atoms in total. The van der Waals surface area contributed by atoms with E-state index < -0.39 is 29.5 Å². The Kier molecular flexibility index (Phi) is 7.58. The Morgan fingerprint density at radius 3 is 2.21 bits per heavy atom. The van der Waals surface area contributed by atoms with Crippen molar-refractivity contribution in [3.05, 3.63) is 35.9 Å². The molecule has 0 amide bonds. The number of carbonyl (C=O) groups excluding carboxylic acids is 2. The highest BCUT2D eigenvalue weighted by molar-refractivity contribution is 5.93. The first kappa shape index (κ1) is 20.3. The second kappa shape index (κ2) is 8.94. The van der Waals surface area contributed by atoms with Gasteiger partial charge in [-0.1, -0.05) is 51.1 Å². The van der Waals surface area contributed by atoms with Crippen LogP contribution >= 0.6 is 0 Å². The predicted octanol–water partition coefficient (Wildman–Crippen LogP) is 2.75. The Hall–Kier alpha value is -1.72. The molecule has 0 aliphatic carbocycles. The van der Waals surface area contributed by atoms with Crippen molar-refractivity contribution in [2.45, 2.75) is 52.9 Å². The summed E-state index contributed by atoms with van der Waals surface area (Å²) in [5, 5.41) is 10.8. The molecular formula is C19H28O5. The lowest BCUT2D eigenvalue weighted by atomic mass is 9.76. The number of hydrogen-bond acceptors (Lipinski definition) is 5. The summed E-state index contributed by atoms with van der Waals surface area (Å²) in [5.74, 6) is -2.48. The first-order valence-electron chi connectivity index (χ1n) is 8.33. The van der Waals surface area contributed by atoms with Crippen LogP contribution < -0.4 is 0 Å². The minimum absolute atomic E-state index is 0.148. The quantitative estimate of drug-likeness (QED) is 0.702. The molecule has 0 saturated carbocycles. The van der Waals surface area contributed by atoms with Crippen molar-refractivity contribution in [2.75, 3.05) is 6.61 Å². The SMILES string of the molecule is CCOC(=O)[C@@](O)(C(C)C)[C@H](C)C(=O)[C@H](C)OCc1ccccc1. The fourth-order valence-electron chi connectivity index (χ4n) is 2.61. The van der Waals surface area contributed by atoms with Gasteiger partial charge in [0, 0.05) is 0 Å². The van der Waals surface area contributed by atoms with Crippen LogP contribution in [0, 0.1) is 11.8 Å². The van der Waals surface area contributed by atoms with Gasteiger partial charge in [0.25, 0.3) is 0 Å². The third-order valence-electron chi connectivity index (χ3n) is 4.31. The Morgan fingerprint density at radius 1 is 1.12 bits per heavy atom. The second-order valence-electron chi connectivity index (χ2n) is 6.26. The first-order chi connectivity index (χ1) is 11.2. The van der Waals surface area contributed by atoms with Crippen LogP contribution in [0.15, 0.2) is 30.3 Å². The van der Waals surface area contributed by atoms with E-state index in [1.165, 1.54) is 0 Å². The van der Waals surface area contributed by atoms with Crippen LogP contribution in [0.5, 0.6) is 0 Å². The molecule has 0 aliphatic heterocycles. The largest absolute Gasteiger partial charge is 0.464 e. The highest BCUT2D eigenvalue weighted by Crippen LogP contribution is 2.30. The Balaban J connectivity index is 2.80. The van der Waals surface area contributed by atoms with Gasteiger partial charge in [0.15, 0.2) is 11.4 Å². The van der Waals surface area contributed by atoms with Gasteiger partial charge in [0.1, 0.15) is 6.10 Å². The lowest BCUT2D eigenvalue weighted by Gasteiger charge is -2.35. The van der Waals surface area contributed by atoms with Gasteiger partial charge in [-0.15, -0.1) is 0 Å². The summed E-state index contributed by atoms with van der Waals surface area (Å²) in [5.41, 5.74) is -0.911.